The molecule has 4 N–H and O–H groups in total. The Balaban J connectivity index is 1.95. The van der Waals surface area contributed by atoms with E-state index in [0.717, 1.165) is 33.5 Å². The van der Waals surface area contributed by atoms with Gasteiger partial charge in [0.1, 0.15) is 0 Å². The Labute approximate surface area is 125 Å². The molecule has 0 saturated carbocycles. The highest BCUT2D eigenvalue weighted by atomic mass is 79.9. The normalized spacial score (nSPS) is 13.6. The van der Waals surface area contributed by atoms with Crippen LogP contribution >= 0.6 is 15.9 Å². The molecular weight excluding hydrogens is 318 g/mol. The van der Waals surface area contributed by atoms with Gasteiger partial charge in [-0.15, -0.1) is 0 Å². The third kappa shape index (κ3) is 2.49. The van der Waals surface area contributed by atoms with Gasteiger partial charge in [0.2, 0.25) is 5.91 Å². The predicted molar refractivity (Wildman–Crippen MR) is 85.2 cm³/mol. The Morgan fingerprint density at radius 3 is 2.75 bits per heavy atom. The highest BCUT2D eigenvalue weighted by Gasteiger charge is 2.16. The average Bonchev–Trinajstić information content (AvgIpc) is 2.42. The molecule has 4 nitrogen and oxygen atoms in total. The van der Waals surface area contributed by atoms with Crippen LogP contribution in [0.2, 0.25) is 0 Å². The molecule has 0 aliphatic carbocycles. The molecule has 0 fully saturated rings. The first kappa shape index (κ1) is 13.0. The summed E-state index contributed by atoms with van der Waals surface area (Å²) in [5.41, 5.74) is 10.4. The predicted octanol–water partition coefficient (Wildman–Crippen LogP) is 3.66. The number of halogens is 1. The van der Waals surface area contributed by atoms with Crippen molar-refractivity contribution in [2.75, 3.05) is 16.4 Å². The zero-order valence-electron chi connectivity index (χ0n) is 10.7. The van der Waals surface area contributed by atoms with E-state index in [1.54, 1.807) is 0 Å². The lowest BCUT2D eigenvalue weighted by Gasteiger charge is -2.20. The van der Waals surface area contributed by atoms with E-state index in [0.29, 0.717) is 12.1 Å². The largest absolute Gasteiger partial charge is 0.397 e. The molecule has 2 aromatic carbocycles. The maximum Gasteiger partial charge on any atom is 0.224 e. The summed E-state index contributed by atoms with van der Waals surface area (Å²) in [5.74, 6) is 0.0448. The summed E-state index contributed by atoms with van der Waals surface area (Å²) in [5, 5.41) is 6.16. The number of hydrogen-bond acceptors (Lipinski definition) is 3. The molecule has 0 unspecified atom stereocenters. The summed E-state index contributed by atoms with van der Waals surface area (Å²) in [7, 11) is 0. The number of hydrogen-bond donors (Lipinski definition) is 3. The number of nitrogens with two attached hydrogens (primary N) is 1. The summed E-state index contributed by atoms with van der Waals surface area (Å²) >= 11 is 3.50. The molecule has 3 rings (SSSR count). The van der Waals surface area contributed by atoms with Crippen molar-refractivity contribution >= 4 is 44.6 Å². The summed E-state index contributed by atoms with van der Waals surface area (Å²) in [6.45, 7) is 0. The van der Waals surface area contributed by atoms with Crippen LogP contribution in [-0.2, 0) is 11.2 Å². The van der Waals surface area contributed by atoms with Crippen molar-refractivity contribution in [3.63, 3.8) is 0 Å². The van der Waals surface area contributed by atoms with Crippen molar-refractivity contribution in [2.45, 2.75) is 12.8 Å². The van der Waals surface area contributed by atoms with E-state index in [1.165, 1.54) is 0 Å². The summed E-state index contributed by atoms with van der Waals surface area (Å²) in [6, 6.07) is 11.7. The van der Waals surface area contributed by atoms with Gasteiger partial charge in [0.05, 0.1) is 17.1 Å². The van der Waals surface area contributed by atoms with Gasteiger partial charge in [-0.1, -0.05) is 12.1 Å². The van der Waals surface area contributed by atoms with E-state index in [9.17, 15) is 4.79 Å². The molecule has 1 heterocycles. The van der Waals surface area contributed by atoms with Crippen LogP contribution in [0.4, 0.5) is 22.7 Å². The summed E-state index contributed by atoms with van der Waals surface area (Å²) < 4.78 is 0.977. The fourth-order valence-corrected chi connectivity index (χ4v) is 2.65. The van der Waals surface area contributed by atoms with Gasteiger partial charge in [0.15, 0.2) is 0 Å². The van der Waals surface area contributed by atoms with Gasteiger partial charge in [-0.2, -0.15) is 0 Å². The Morgan fingerprint density at radius 1 is 1.15 bits per heavy atom. The quantitative estimate of drug-likeness (QED) is 0.735. The molecule has 0 atom stereocenters. The van der Waals surface area contributed by atoms with E-state index in [4.69, 9.17) is 5.73 Å². The lowest BCUT2D eigenvalue weighted by atomic mass is 10.0. The topological polar surface area (TPSA) is 67.1 Å². The Kier molecular flexibility index (Phi) is 3.36. The van der Waals surface area contributed by atoms with Crippen molar-refractivity contribution in [1.82, 2.24) is 0 Å². The monoisotopic (exact) mass is 331 g/mol. The fraction of sp³-hybridized carbons (Fsp3) is 0.133. The Hall–Kier alpha value is -2.01. The lowest BCUT2D eigenvalue weighted by molar-refractivity contribution is -0.116. The first-order valence-corrected chi connectivity index (χ1v) is 7.16. The maximum absolute atomic E-state index is 11.4. The first-order valence-electron chi connectivity index (χ1n) is 6.37. The van der Waals surface area contributed by atoms with Crippen LogP contribution in [0.1, 0.15) is 12.0 Å². The van der Waals surface area contributed by atoms with Gasteiger partial charge >= 0.3 is 0 Å². The first-order chi connectivity index (χ1) is 9.63. The van der Waals surface area contributed by atoms with Gasteiger partial charge in [-0.05, 0) is 52.2 Å². The number of fused-ring (bicyclic) bond motifs is 1. The zero-order chi connectivity index (χ0) is 14.1. The van der Waals surface area contributed by atoms with Crippen LogP contribution in [0, 0.1) is 0 Å². The number of nitrogen functional groups attached to an aromatic ring is 1. The maximum atomic E-state index is 11.4. The second-order valence-corrected chi connectivity index (χ2v) is 5.60. The minimum atomic E-state index is 0.0448. The van der Waals surface area contributed by atoms with Crippen molar-refractivity contribution in [1.29, 1.82) is 0 Å². The van der Waals surface area contributed by atoms with Crippen molar-refractivity contribution in [2.24, 2.45) is 0 Å². The zero-order valence-corrected chi connectivity index (χ0v) is 12.3. The highest BCUT2D eigenvalue weighted by Crippen LogP contribution is 2.34. The number of amides is 1. The summed E-state index contributed by atoms with van der Waals surface area (Å²) in [6.07, 6.45) is 1.26. The average molecular weight is 332 g/mol. The third-order valence-electron chi connectivity index (χ3n) is 3.31. The molecule has 2 aromatic rings. The van der Waals surface area contributed by atoms with E-state index in [1.807, 2.05) is 36.4 Å². The molecule has 0 spiro atoms. The number of benzene rings is 2. The molecule has 0 bridgehead atoms. The minimum absolute atomic E-state index is 0.0448. The molecule has 1 aliphatic heterocycles. The molecule has 0 aromatic heterocycles. The van der Waals surface area contributed by atoms with Gasteiger partial charge < -0.3 is 16.4 Å². The number of rotatable bonds is 2. The molecule has 5 heteroatoms. The van der Waals surface area contributed by atoms with Crippen LogP contribution in [0.5, 0.6) is 0 Å². The van der Waals surface area contributed by atoms with E-state index in [-0.39, 0.29) is 5.91 Å². The van der Waals surface area contributed by atoms with Gasteiger partial charge in [-0.25, -0.2) is 0 Å². The van der Waals surface area contributed by atoms with Crippen LogP contribution < -0.4 is 16.4 Å². The van der Waals surface area contributed by atoms with Crippen molar-refractivity contribution < 1.29 is 4.79 Å². The van der Waals surface area contributed by atoms with E-state index >= 15 is 0 Å². The van der Waals surface area contributed by atoms with E-state index in [2.05, 4.69) is 26.6 Å². The number of aryl methyl sites for hydroxylation is 1. The molecule has 102 valence electrons. The smallest absolute Gasteiger partial charge is 0.224 e. The number of anilines is 4. The number of nitrogens with one attached hydrogen (secondary N) is 2. The minimum Gasteiger partial charge on any atom is -0.397 e. The van der Waals surface area contributed by atoms with Gasteiger partial charge in [0, 0.05) is 16.6 Å². The molecule has 1 amide bonds. The van der Waals surface area contributed by atoms with Gasteiger partial charge in [-0.3, -0.25) is 4.79 Å². The Bertz CT molecular complexity index is 685. The van der Waals surface area contributed by atoms with Gasteiger partial charge in [0.25, 0.3) is 0 Å². The van der Waals surface area contributed by atoms with Crippen molar-refractivity contribution in [3.05, 3.63) is 46.4 Å². The number of para-hydroxylation sites is 1. The van der Waals surface area contributed by atoms with Crippen molar-refractivity contribution in [3.8, 4) is 0 Å². The SMILES string of the molecule is Nc1cc2c(cc1Nc1ccccc1Br)CCC(=O)N2. The molecule has 0 saturated heterocycles. The molecule has 0 radical (unpaired) electrons. The highest BCUT2D eigenvalue weighted by molar-refractivity contribution is 9.10. The standard InChI is InChI=1S/C15H14BrN3O/c16-10-3-1-2-4-12(10)18-14-7-9-5-6-15(20)19-13(9)8-11(14)17/h1-4,7-8,18H,5-6,17H2,(H,19,20). The lowest BCUT2D eigenvalue weighted by Crippen LogP contribution is -2.19. The second-order valence-electron chi connectivity index (χ2n) is 4.75. The molecule has 20 heavy (non-hydrogen) atoms. The second kappa shape index (κ2) is 5.17. The van der Waals surface area contributed by atoms with Crippen LogP contribution in [0.15, 0.2) is 40.9 Å². The van der Waals surface area contributed by atoms with E-state index < -0.39 is 0 Å². The number of carbonyl (C=O) groups is 1. The van der Waals surface area contributed by atoms with Crippen LogP contribution in [-0.4, -0.2) is 5.91 Å². The molecule has 1 aliphatic rings. The van der Waals surface area contributed by atoms with Crippen LogP contribution in [0.25, 0.3) is 0 Å². The fourth-order valence-electron chi connectivity index (χ4n) is 2.26. The summed E-state index contributed by atoms with van der Waals surface area (Å²) in [4.78, 5) is 11.4. The number of carbonyl (C=O) groups excluding carboxylic acids is 1. The third-order valence-corrected chi connectivity index (χ3v) is 4.01. The van der Waals surface area contributed by atoms with Crippen LogP contribution in [0.3, 0.4) is 0 Å². The molecular formula is C15H14BrN3O. The Morgan fingerprint density at radius 2 is 1.95 bits per heavy atom.